The van der Waals surface area contributed by atoms with Gasteiger partial charge in [-0.1, -0.05) is 0 Å². The summed E-state index contributed by atoms with van der Waals surface area (Å²) in [5.41, 5.74) is 7.17. The van der Waals surface area contributed by atoms with E-state index in [0.717, 1.165) is 17.7 Å². The monoisotopic (exact) mass is 179 g/mol. The highest BCUT2D eigenvalue weighted by atomic mass is 19.1. The number of hydrogen-bond acceptors (Lipinski definition) is 2. The van der Waals surface area contributed by atoms with Gasteiger partial charge in [0.15, 0.2) is 0 Å². The second kappa shape index (κ2) is 2.23. The third-order valence-corrected chi connectivity index (χ3v) is 2.85. The molecule has 1 fully saturated rings. The van der Waals surface area contributed by atoms with Crippen LogP contribution >= 0.6 is 0 Å². The van der Waals surface area contributed by atoms with Crippen LogP contribution in [-0.4, -0.2) is 6.10 Å². The maximum atomic E-state index is 13.3. The molecule has 1 aromatic carbocycles. The molecule has 3 rings (SSSR count). The fourth-order valence-corrected chi connectivity index (χ4v) is 2.10. The Balaban J connectivity index is 2.21. The Morgan fingerprint density at radius 3 is 3.15 bits per heavy atom. The highest BCUT2D eigenvalue weighted by molar-refractivity contribution is 5.51. The summed E-state index contributed by atoms with van der Waals surface area (Å²) in [5, 5.41) is 0. The predicted molar refractivity (Wildman–Crippen MR) is 46.1 cm³/mol. The first-order valence-corrected chi connectivity index (χ1v) is 4.49. The second-order valence-electron chi connectivity index (χ2n) is 3.64. The van der Waals surface area contributed by atoms with Crippen molar-refractivity contribution in [3.63, 3.8) is 0 Å². The Kier molecular flexibility index (Phi) is 1.26. The molecule has 1 saturated carbocycles. The molecular formula is C10H10FNO. The number of fused-ring (bicyclic) bond motifs is 3. The molecule has 13 heavy (non-hydrogen) atoms. The molecule has 3 heteroatoms. The number of rotatable bonds is 1. The van der Waals surface area contributed by atoms with Crippen molar-refractivity contribution in [1.82, 2.24) is 0 Å². The molecule has 0 spiro atoms. The van der Waals surface area contributed by atoms with Gasteiger partial charge in [0.1, 0.15) is 17.7 Å². The molecule has 0 bridgehead atoms. The van der Waals surface area contributed by atoms with Crippen LogP contribution in [0.4, 0.5) is 4.39 Å². The van der Waals surface area contributed by atoms with E-state index in [0.29, 0.717) is 17.6 Å². The van der Waals surface area contributed by atoms with Crippen molar-refractivity contribution in [3.8, 4) is 5.75 Å². The maximum Gasteiger partial charge on any atom is 0.128 e. The first-order valence-electron chi connectivity index (χ1n) is 4.49. The normalized spacial score (nSPS) is 27.8. The molecule has 2 aliphatic rings. The molecule has 68 valence electrons. The van der Waals surface area contributed by atoms with Gasteiger partial charge in [-0.25, -0.2) is 4.39 Å². The van der Waals surface area contributed by atoms with E-state index in [1.54, 1.807) is 6.07 Å². The zero-order valence-electron chi connectivity index (χ0n) is 7.09. The van der Waals surface area contributed by atoms with Gasteiger partial charge in [0.2, 0.25) is 0 Å². The van der Waals surface area contributed by atoms with Crippen molar-refractivity contribution in [3.05, 3.63) is 29.1 Å². The van der Waals surface area contributed by atoms with Gasteiger partial charge in [0.25, 0.3) is 0 Å². The molecule has 1 aliphatic heterocycles. The van der Waals surface area contributed by atoms with E-state index in [1.165, 1.54) is 6.07 Å². The molecule has 0 aromatic heterocycles. The largest absolute Gasteiger partial charge is 0.489 e. The lowest BCUT2D eigenvalue weighted by molar-refractivity contribution is 0.318. The zero-order valence-corrected chi connectivity index (χ0v) is 7.09. The van der Waals surface area contributed by atoms with E-state index in [2.05, 4.69) is 0 Å². The van der Waals surface area contributed by atoms with Gasteiger partial charge in [0, 0.05) is 23.6 Å². The molecular weight excluding hydrogens is 169 g/mol. The molecule has 1 aromatic rings. The van der Waals surface area contributed by atoms with Crippen molar-refractivity contribution in [2.45, 2.75) is 25.0 Å². The van der Waals surface area contributed by atoms with Crippen LogP contribution < -0.4 is 10.5 Å². The lowest BCUT2D eigenvalue weighted by Crippen LogP contribution is -2.03. The van der Waals surface area contributed by atoms with E-state index < -0.39 is 0 Å². The molecule has 0 amide bonds. The van der Waals surface area contributed by atoms with Crippen molar-refractivity contribution in [2.24, 2.45) is 5.73 Å². The maximum absolute atomic E-state index is 13.3. The van der Waals surface area contributed by atoms with Crippen LogP contribution in [0.5, 0.6) is 5.75 Å². The number of halogens is 1. The molecule has 1 heterocycles. The molecule has 1 unspecified atom stereocenters. The first kappa shape index (κ1) is 7.33. The minimum Gasteiger partial charge on any atom is -0.489 e. The SMILES string of the molecule is NCc1c(F)ccc2c1[C@H]1CC1O2. The number of nitrogens with two attached hydrogens (primary N) is 1. The van der Waals surface area contributed by atoms with Crippen LogP contribution in [0, 0.1) is 5.82 Å². The molecule has 1 aliphatic carbocycles. The van der Waals surface area contributed by atoms with Crippen LogP contribution in [0.25, 0.3) is 0 Å². The summed E-state index contributed by atoms with van der Waals surface area (Å²) in [4.78, 5) is 0. The third kappa shape index (κ3) is 0.851. The third-order valence-electron chi connectivity index (χ3n) is 2.85. The number of benzene rings is 1. The van der Waals surface area contributed by atoms with Gasteiger partial charge in [0.05, 0.1) is 0 Å². The average molecular weight is 179 g/mol. The topological polar surface area (TPSA) is 35.2 Å². The Labute approximate surface area is 75.5 Å². The van der Waals surface area contributed by atoms with Gasteiger partial charge < -0.3 is 10.5 Å². The van der Waals surface area contributed by atoms with Crippen LogP contribution in [0.3, 0.4) is 0 Å². The van der Waals surface area contributed by atoms with E-state index in [4.69, 9.17) is 10.5 Å². The van der Waals surface area contributed by atoms with Crippen LogP contribution in [0.15, 0.2) is 12.1 Å². The van der Waals surface area contributed by atoms with Gasteiger partial charge in [-0.2, -0.15) is 0 Å². The lowest BCUT2D eigenvalue weighted by atomic mass is 10.0. The smallest absolute Gasteiger partial charge is 0.128 e. The fraction of sp³-hybridized carbons (Fsp3) is 0.400. The fourth-order valence-electron chi connectivity index (χ4n) is 2.10. The summed E-state index contributed by atoms with van der Waals surface area (Å²) in [6, 6.07) is 3.14. The quantitative estimate of drug-likeness (QED) is 0.709. The standard InChI is InChI=1S/C10H10FNO/c11-7-1-2-8-10(6(7)4-12)5-3-9(5)13-8/h1-2,5,9H,3-4,12H2/t5-,9?/m0/s1. The van der Waals surface area contributed by atoms with E-state index in [9.17, 15) is 4.39 Å². The summed E-state index contributed by atoms with van der Waals surface area (Å²) in [5.74, 6) is 1.06. The zero-order chi connectivity index (χ0) is 9.00. The van der Waals surface area contributed by atoms with Gasteiger partial charge in [-0.05, 0) is 18.6 Å². The van der Waals surface area contributed by atoms with E-state index in [1.807, 2.05) is 0 Å². The summed E-state index contributed by atoms with van der Waals surface area (Å²) in [6.45, 7) is 0.265. The number of ether oxygens (including phenoxy) is 1. The molecule has 2 N–H and O–H groups in total. The summed E-state index contributed by atoms with van der Waals surface area (Å²) >= 11 is 0. The molecule has 2 atom stereocenters. The van der Waals surface area contributed by atoms with Crippen molar-refractivity contribution < 1.29 is 9.13 Å². The molecule has 2 nitrogen and oxygen atoms in total. The Hall–Kier alpha value is -1.09. The van der Waals surface area contributed by atoms with Crippen LogP contribution in [0.1, 0.15) is 23.5 Å². The Morgan fingerprint density at radius 1 is 1.54 bits per heavy atom. The number of hydrogen-bond donors (Lipinski definition) is 1. The minimum absolute atomic E-state index is 0.197. The van der Waals surface area contributed by atoms with Crippen LogP contribution in [-0.2, 0) is 6.54 Å². The average Bonchev–Trinajstić information content (AvgIpc) is 2.80. The Bertz CT molecular complexity index is 377. The molecule has 0 radical (unpaired) electrons. The molecule has 0 saturated heterocycles. The van der Waals surface area contributed by atoms with Gasteiger partial charge in [-0.15, -0.1) is 0 Å². The van der Waals surface area contributed by atoms with E-state index in [-0.39, 0.29) is 12.4 Å². The van der Waals surface area contributed by atoms with Crippen molar-refractivity contribution in [1.29, 1.82) is 0 Å². The predicted octanol–water partition coefficient (Wildman–Crippen LogP) is 1.53. The summed E-state index contributed by atoms with van der Waals surface area (Å²) in [6.07, 6.45) is 1.34. The van der Waals surface area contributed by atoms with Crippen LogP contribution in [0.2, 0.25) is 0 Å². The second-order valence-corrected chi connectivity index (χ2v) is 3.64. The van der Waals surface area contributed by atoms with Gasteiger partial charge >= 0.3 is 0 Å². The van der Waals surface area contributed by atoms with Crippen molar-refractivity contribution in [2.75, 3.05) is 0 Å². The van der Waals surface area contributed by atoms with Crippen molar-refractivity contribution >= 4 is 0 Å². The van der Waals surface area contributed by atoms with Gasteiger partial charge in [-0.3, -0.25) is 0 Å². The first-order chi connectivity index (χ1) is 6.31. The highest BCUT2D eigenvalue weighted by Crippen LogP contribution is 2.54. The summed E-state index contributed by atoms with van der Waals surface area (Å²) < 4.78 is 18.9. The highest BCUT2D eigenvalue weighted by Gasteiger charge is 2.49. The minimum atomic E-state index is -0.197. The summed E-state index contributed by atoms with van der Waals surface area (Å²) in [7, 11) is 0. The lowest BCUT2D eigenvalue weighted by Gasteiger charge is -2.08. The Morgan fingerprint density at radius 2 is 2.38 bits per heavy atom. The van der Waals surface area contributed by atoms with E-state index >= 15 is 0 Å².